The summed E-state index contributed by atoms with van der Waals surface area (Å²) in [4.78, 5) is 1.17. The van der Waals surface area contributed by atoms with Gasteiger partial charge < -0.3 is 5.11 Å². The Morgan fingerprint density at radius 3 is 2.31 bits per heavy atom. The first-order valence-corrected chi connectivity index (χ1v) is 6.24. The Morgan fingerprint density at radius 2 is 1.75 bits per heavy atom. The third-order valence-electron chi connectivity index (χ3n) is 3.05. The van der Waals surface area contributed by atoms with Crippen LogP contribution < -0.4 is 0 Å². The molecule has 2 rings (SSSR count). The molecule has 1 N–H and O–H groups in total. The SMILES string of the molecule is Cc1ccccc1C(C)(O)c1ccsc1C. The van der Waals surface area contributed by atoms with Gasteiger partial charge in [0.05, 0.1) is 0 Å². The van der Waals surface area contributed by atoms with E-state index < -0.39 is 5.60 Å². The van der Waals surface area contributed by atoms with Crippen molar-refractivity contribution in [2.75, 3.05) is 0 Å². The van der Waals surface area contributed by atoms with E-state index in [1.54, 1.807) is 11.3 Å². The Morgan fingerprint density at radius 1 is 1.06 bits per heavy atom. The van der Waals surface area contributed by atoms with E-state index in [0.29, 0.717) is 0 Å². The lowest BCUT2D eigenvalue weighted by Gasteiger charge is -2.26. The van der Waals surface area contributed by atoms with Crippen LogP contribution in [-0.4, -0.2) is 5.11 Å². The van der Waals surface area contributed by atoms with E-state index in [1.807, 2.05) is 56.5 Å². The Bertz CT molecular complexity index is 497. The van der Waals surface area contributed by atoms with Gasteiger partial charge in [-0.15, -0.1) is 11.3 Å². The molecule has 1 aromatic heterocycles. The molecule has 1 aromatic carbocycles. The Balaban J connectivity index is 2.55. The van der Waals surface area contributed by atoms with Crippen LogP contribution in [0.2, 0.25) is 0 Å². The van der Waals surface area contributed by atoms with E-state index >= 15 is 0 Å². The normalized spacial score (nSPS) is 14.8. The third-order valence-corrected chi connectivity index (χ3v) is 3.90. The molecule has 0 spiro atoms. The largest absolute Gasteiger partial charge is 0.381 e. The van der Waals surface area contributed by atoms with E-state index in [0.717, 1.165) is 16.7 Å². The molecule has 1 unspecified atom stereocenters. The Hall–Kier alpha value is -1.12. The molecule has 0 aliphatic rings. The van der Waals surface area contributed by atoms with Crippen molar-refractivity contribution in [1.82, 2.24) is 0 Å². The van der Waals surface area contributed by atoms with Gasteiger partial charge in [0.15, 0.2) is 0 Å². The standard InChI is InChI=1S/C14H16OS/c1-10-6-4-5-7-12(10)14(3,15)13-8-9-16-11(13)2/h4-9,15H,1-3H3. The molecule has 0 radical (unpaired) electrons. The van der Waals surface area contributed by atoms with Crippen molar-refractivity contribution in [3.05, 3.63) is 57.3 Å². The van der Waals surface area contributed by atoms with Crippen molar-refractivity contribution >= 4 is 11.3 Å². The summed E-state index contributed by atoms with van der Waals surface area (Å²) in [6, 6.07) is 10.00. The second kappa shape index (κ2) is 4.04. The van der Waals surface area contributed by atoms with Crippen molar-refractivity contribution in [1.29, 1.82) is 0 Å². The fourth-order valence-corrected chi connectivity index (χ4v) is 2.96. The van der Waals surface area contributed by atoms with Gasteiger partial charge in [-0.1, -0.05) is 24.3 Å². The van der Waals surface area contributed by atoms with Crippen molar-refractivity contribution in [2.24, 2.45) is 0 Å². The summed E-state index contributed by atoms with van der Waals surface area (Å²) in [6.45, 7) is 5.95. The Kier molecular flexibility index (Phi) is 2.87. The average Bonchev–Trinajstić information content (AvgIpc) is 2.65. The van der Waals surface area contributed by atoms with Crippen LogP contribution in [0.4, 0.5) is 0 Å². The Labute approximate surface area is 100 Å². The van der Waals surface area contributed by atoms with Crippen molar-refractivity contribution < 1.29 is 5.11 Å². The van der Waals surface area contributed by atoms with E-state index in [2.05, 4.69) is 0 Å². The fraction of sp³-hybridized carbons (Fsp3) is 0.286. The van der Waals surface area contributed by atoms with Gasteiger partial charge in [0, 0.05) is 10.4 Å². The van der Waals surface area contributed by atoms with E-state index in [9.17, 15) is 5.11 Å². The molecule has 16 heavy (non-hydrogen) atoms. The van der Waals surface area contributed by atoms with Crippen molar-refractivity contribution in [3.63, 3.8) is 0 Å². The molecule has 0 saturated heterocycles. The lowest BCUT2D eigenvalue weighted by Crippen LogP contribution is -2.24. The number of aryl methyl sites for hydroxylation is 2. The van der Waals surface area contributed by atoms with Crippen LogP contribution in [0.15, 0.2) is 35.7 Å². The zero-order valence-electron chi connectivity index (χ0n) is 9.82. The molecular weight excluding hydrogens is 216 g/mol. The summed E-state index contributed by atoms with van der Waals surface area (Å²) in [6.07, 6.45) is 0. The van der Waals surface area contributed by atoms with Gasteiger partial charge in [0.25, 0.3) is 0 Å². The first-order valence-electron chi connectivity index (χ1n) is 5.36. The molecule has 0 aliphatic heterocycles. The molecule has 1 nitrogen and oxygen atoms in total. The molecule has 2 aromatic rings. The maximum absolute atomic E-state index is 10.7. The molecule has 0 bridgehead atoms. The number of benzene rings is 1. The quantitative estimate of drug-likeness (QED) is 0.838. The fourth-order valence-electron chi connectivity index (χ4n) is 2.15. The number of hydrogen-bond donors (Lipinski definition) is 1. The number of thiophene rings is 1. The lowest BCUT2D eigenvalue weighted by molar-refractivity contribution is 0.101. The highest BCUT2D eigenvalue weighted by Crippen LogP contribution is 2.34. The monoisotopic (exact) mass is 232 g/mol. The highest BCUT2D eigenvalue weighted by atomic mass is 32.1. The minimum absolute atomic E-state index is 0.893. The topological polar surface area (TPSA) is 20.2 Å². The van der Waals surface area contributed by atoms with Crippen LogP contribution in [0, 0.1) is 13.8 Å². The van der Waals surface area contributed by atoms with Crippen LogP contribution in [0.3, 0.4) is 0 Å². The molecule has 84 valence electrons. The summed E-state index contributed by atoms with van der Waals surface area (Å²) in [5.41, 5.74) is 2.22. The first kappa shape index (κ1) is 11.4. The molecule has 1 atom stereocenters. The highest BCUT2D eigenvalue weighted by molar-refractivity contribution is 7.10. The lowest BCUT2D eigenvalue weighted by atomic mass is 9.86. The summed E-state index contributed by atoms with van der Waals surface area (Å²) < 4.78 is 0. The van der Waals surface area contributed by atoms with Gasteiger partial charge in [-0.2, -0.15) is 0 Å². The zero-order chi connectivity index (χ0) is 11.8. The maximum atomic E-state index is 10.7. The van der Waals surface area contributed by atoms with Crippen molar-refractivity contribution in [2.45, 2.75) is 26.4 Å². The first-order chi connectivity index (χ1) is 7.53. The van der Waals surface area contributed by atoms with Gasteiger partial charge >= 0.3 is 0 Å². The zero-order valence-corrected chi connectivity index (χ0v) is 10.6. The summed E-state index contributed by atoms with van der Waals surface area (Å²) in [5, 5.41) is 12.7. The summed E-state index contributed by atoms with van der Waals surface area (Å²) >= 11 is 1.67. The van der Waals surface area contributed by atoms with E-state index in [-0.39, 0.29) is 0 Å². The second-order valence-corrected chi connectivity index (χ2v) is 5.40. The molecule has 1 heterocycles. The van der Waals surface area contributed by atoms with Gasteiger partial charge in [-0.05, 0) is 43.3 Å². The molecule has 0 saturated carbocycles. The van der Waals surface area contributed by atoms with Crippen LogP contribution in [-0.2, 0) is 5.60 Å². The van der Waals surface area contributed by atoms with Crippen molar-refractivity contribution in [3.8, 4) is 0 Å². The predicted octanol–water partition coefficient (Wildman–Crippen LogP) is 3.62. The predicted molar refractivity (Wildman–Crippen MR) is 68.9 cm³/mol. The smallest absolute Gasteiger partial charge is 0.113 e. The maximum Gasteiger partial charge on any atom is 0.113 e. The molecule has 0 amide bonds. The number of aliphatic hydroxyl groups is 1. The van der Waals surface area contributed by atoms with Gasteiger partial charge in [0.1, 0.15) is 5.60 Å². The third kappa shape index (κ3) is 1.79. The van der Waals surface area contributed by atoms with Gasteiger partial charge in [-0.25, -0.2) is 0 Å². The molecule has 0 aliphatic carbocycles. The minimum atomic E-state index is -0.893. The molecule has 0 fully saturated rings. The summed E-state index contributed by atoms with van der Waals surface area (Å²) in [5.74, 6) is 0. The highest BCUT2D eigenvalue weighted by Gasteiger charge is 2.28. The van der Waals surface area contributed by atoms with Crippen LogP contribution in [0.5, 0.6) is 0 Å². The molecule has 2 heteroatoms. The number of hydrogen-bond acceptors (Lipinski definition) is 2. The van der Waals surface area contributed by atoms with Gasteiger partial charge in [0.2, 0.25) is 0 Å². The van der Waals surface area contributed by atoms with Gasteiger partial charge in [-0.3, -0.25) is 0 Å². The number of rotatable bonds is 2. The molecular formula is C14H16OS. The van der Waals surface area contributed by atoms with E-state index in [1.165, 1.54) is 4.88 Å². The van der Waals surface area contributed by atoms with E-state index in [4.69, 9.17) is 0 Å². The minimum Gasteiger partial charge on any atom is -0.381 e. The van der Waals surface area contributed by atoms with Crippen LogP contribution in [0.1, 0.15) is 28.5 Å². The summed E-state index contributed by atoms with van der Waals surface area (Å²) in [7, 11) is 0. The second-order valence-electron chi connectivity index (χ2n) is 4.28. The van der Waals surface area contributed by atoms with Crippen LogP contribution >= 0.6 is 11.3 Å². The average molecular weight is 232 g/mol. The van der Waals surface area contributed by atoms with Crippen LogP contribution in [0.25, 0.3) is 0 Å².